The lowest BCUT2D eigenvalue weighted by Crippen LogP contribution is -2.21. The van der Waals surface area contributed by atoms with Crippen LogP contribution in [0.25, 0.3) is 10.2 Å². The van der Waals surface area contributed by atoms with Crippen LogP contribution < -0.4 is 10.3 Å². The second-order valence-electron chi connectivity index (χ2n) is 6.73. The standard InChI is InChI=1S/C21H24N2O4S/c1-5-26-21(25)18-15(4)17-19(28-18)22-12-23(20(17)24)7-6-8-27-16-10-13(2)9-14(3)11-16/h9-12H,5-8H2,1-4H3. The number of aromatic nitrogens is 2. The van der Waals surface area contributed by atoms with Crippen molar-refractivity contribution in [2.24, 2.45) is 0 Å². The molecule has 0 saturated heterocycles. The molecule has 7 heteroatoms. The van der Waals surface area contributed by atoms with Crippen LogP contribution in [0.3, 0.4) is 0 Å². The van der Waals surface area contributed by atoms with Gasteiger partial charge in [-0.25, -0.2) is 9.78 Å². The van der Waals surface area contributed by atoms with Gasteiger partial charge in [-0.15, -0.1) is 11.3 Å². The van der Waals surface area contributed by atoms with Crippen molar-refractivity contribution in [2.45, 2.75) is 40.7 Å². The quantitative estimate of drug-likeness (QED) is 0.442. The molecule has 0 aliphatic heterocycles. The van der Waals surface area contributed by atoms with Gasteiger partial charge in [0.25, 0.3) is 5.56 Å². The largest absolute Gasteiger partial charge is 0.494 e. The maximum Gasteiger partial charge on any atom is 0.348 e. The molecular formula is C21H24N2O4S. The Balaban J connectivity index is 1.71. The minimum atomic E-state index is -0.407. The van der Waals surface area contributed by atoms with Crippen molar-refractivity contribution in [3.05, 3.63) is 56.4 Å². The first-order chi connectivity index (χ1) is 13.4. The fourth-order valence-corrected chi connectivity index (χ4v) is 4.18. The fourth-order valence-electron chi connectivity index (χ4n) is 3.15. The van der Waals surface area contributed by atoms with Gasteiger partial charge in [0.05, 0.1) is 24.9 Å². The van der Waals surface area contributed by atoms with E-state index in [9.17, 15) is 9.59 Å². The minimum absolute atomic E-state index is 0.138. The highest BCUT2D eigenvalue weighted by molar-refractivity contribution is 7.20. The van der Waals surface area contributed by atoms with Crippen molar-refractivity contribution in [2.75, 3.05) is 13.2 Å². The Labute approximate surface area is 167 Å². The van der Waals surface area contributed by atoms with Crippen LogP contribution >= 0.6 is 11.3 Å². The molecule has 148 valence electrons. The number of ether oxygens (including phenoxy) is 2. The number of fused-ring (bicyclic) bond motifs is 1. The monoisotopic (exact) mass is 400 g/mol. The normalized spacial score (nSPS) is 11.0. The highest BCUT2D eigenvalue weighted by atomic mass is 32.1. The maximum absolute atomic E-state index is 12.8. The van der Waals surface area contributed by atoms with Crippen molar-refractivity contribution in [3.63, 3.8) is 0 Å². The molecule has 1 aromatic carbocycles. The van der Waals surface area contributed by atoms with Gasteiger partial charge in [0.2, 0.25) is 0 Å². The van der Waals surface area contributed by atoms with Crippen molar-refractivity contribution < 1.29 is 14.3 Å². The number of hydrogen-bond donors (Lipinski definition) is 0. The molecule has 0 radical (unpaired) electrons. The van der Waals surface area contributed by atoms with E-state index in [1.54, 1.807) is 18.4 Å². The first-order valence-corrected chi connectivity index (χ1v) is 10.1. The SMILES string of the molecule is CCOC(=O)c1sc2ncn(CCCOc3cc(C)cc(C)c3)c(=O)c2c1C. The molecular weight excluding hydrogens is 376 g/mol. The van der Waals surface area contributed by atoms with Crippen molar-refractivity contribution >= 4 is 27.5 Å². The number of carbonyl (C=O) groups excluding carboxylic acids is 1. The summed E-state index contributed by atoms with van der Waals surface area (Å²) in [6, 6.07) is 6.10. The van der Waals surface area contributed by atoms with E-state index in [0.717, 1.165) is 16.9 Å². The molecule has 3 rings (SSSR count). The maximum atomic E-state index is 12.8. The summed E-state index contributed by atoms with van der Waals surface area (Å²) in [5, 5.41) is 0.491. The van der Waals surface area contributed by atoms with Gasteiger partial charge in [0.1, 0.15) is 15.5 Å². The van der Waals surface area contributed by atoms with E-state index < -0.39 is 5.97 Å². The molecule has 2 aromatic heterocycles. The smallest absolute Gasteiger partial charge is 0.348 e. The van der Waals surface area contributed by atoms with Gasteiger partial charge < -0.3 is 9.47 Å². The van der Waals surface area contributed by atoms with Gasteiger partial charge in [-0.3, -0.25) is 9.36 Å². The highest BCUT2D eigenvalue weighted by Crippen LogP contribution is 2.27. The third-order valence-corrected chi connectivity index (χ3v) is 5.57. The molecule has 0 bridgehead atoms. The molecule has 28 heavy (non-hydrogen) atoms. The Morgan fingerprint density at radius 1 is 1.18 bits per heavy atom. The van der Waals surface area contributed by atoms with Crippen LogP contribution in [-0.2, 0) is 11.3 Å². The molecule has 0 spiro atoms. The molecule has 0 aliphatic carbocycles. The number of carbonyl (C=O) groups is 1. The number of thiophene rings is 1. The lowest BCUT2D eigenvalue weighted by Gasteiger charge is -2.09. The van der Waals surface area contributed by atoms with Gasteiger partial charge in [0, 0.05) is 6.54 Å². The van der Waals surface area contributed by atoms with Gasteiger partial charge in [0.15, 0.2) is 0 Å². The molecule has 0 amide bonds. The molecule has 2 heterocycles. The average Bonchev–Trinajstić information content (AvgIpc) is 2.97. The summed E-state index contributed by atoms with van der Waals surface area (Å²) < 4.78 is 12.4. The van der Waals surface area contributed by atoms with Crippen LogP contribution in [0, 0.1) is 20.8 Å². The molecule has 0 aliphatic rings. The van der Waals surface area contributed by atoms with E-state index in [-0.39, 0.29) is 5.56 Å². The third-order valence-electron chi connectivity index (χ3n) is 4.39. The van der Waals surface area contributed by atoms with Crippen LogP contribution in [-0.4, -0.2) is 28.7 Å². The summed E-state index contributed by atoms with van der Waals surface area (Å²) in [4.78, 5) is 30.3. The predicted molar refractivity (Wildman–Crippen MR) is 111 cm³/mol. The van der Waals surface area contributed by atoms with E-state index in [4.69, 9.17) is 9.47 Å². The van der Waals surface area contributed by atoms with Gasteiger partial charge in [-0.05, 0) is 62.9 Å². The van der Waals surface area contributed by atoms with Crippen molar-refractivity contribution in [3.8, 4) is 5.75 Å². The molecule has 0 saturated carbocycles. The number of nitrogens with zero attached hydrogens (tertiary/aromatic N) is 2. The zero-order valence-electron chi connectivity index (χ0n) is 16.6. The van der Waals surface area contributed by atoms with E-state index >= 15 is 0 Å². The predicted octanol–water partition coefficient (Wildman–Crippen LogP) is 4.03. The van der Waals surface area contributed by atoms with Crippen LogP contribution in [0.15, 0.2) is 29.3 Å². The molecule has 0 fully saturated rings. The van der Waals surface area contributed by atoms with E-state index in [1.807, 2.05) is 26.0 Å². The molecule has 0 N–H and O–H groups in total. The Kier molecular flexibility index (Phi) is 6.14. The van der Waals surface area contributed by atoms with Crippen molar-refractivity contribution in [1.82, 2.24) is 9.55 Å². The Morgan fingerprint density at radius 2 is 1.89 bits per heavy atom. The number of benzene rings is 1. The zero-order chi connectivity index (χ0) is 20.3. The first-order valence-electron chi connectivity index (χ1n) is 9.27. The van der Waals surface area contributed by atoms with Crippen LogP contribution in [0.1, 0.15) is 39.7 Å². The number of hydrogen-bond acceptors (Lipinski definition) is 6. The molecule has 6 nitrogen and oxygen atoms in total. The third kappa shape index (κ3) is 4.25. The van der Waals surface area contributed by atoms with Gasteiger partial charge >= 0.3 is 5.97 Å². The summed E-state index contributed by atoms with van der Waals surface area (Å²) in [5.41, 5.74) is 2.81. The Bertz CT molecular complexity index is 1050. The second kappa shape index (κ2) is 8.56. The number of aryl methyl sites for hydroxylation is 4. The minimum Gasteiger partial charge on any atom is -0.494 e. The topological polar surface area (TPSA) is 70.4 Å². The molecule has 3 aromatic rings. The Hall–Kier alpha value is -2.67. The lowest BCUT2D eigenvalue weighted by atomic mass is 10.1. The summed E-state index contributed by atoms with van der Waals surface area (Å²) >= 11 is 1.20. The summed E-state index contributed by atoms with van der Waals surface area (Å²) in [7, 11) is 0. The molecule has 0 unspecified atom stereocenters. The van der Waals surface area contributed by atoms with Gasteiger partial charge in [-0.1, -0.05) is 6.07 Å². The first kappa shape index (κ1) is 20.1. The van der Waals surface area contributed by atoms with E-state index in [0.29, 0.717) is 46.8 Å². The molecule has 0 atom stereocenters. The van der Waals surface area contributed by atoms with Crippen molar-refractivity contribution in [1.29, 1.82) is 0 Å². The highest BCUT2D eigenvalue weighted by Gasteiger charge is 2.20. The van der Waals surface area contributed by atoms with Crippen LogP contribution in [0.5, 0.6) is 5.75 Å². The summed E-state index contributed by atoms with van der Waals surface area (Å²) in [5.74, 6) is 0.432. The second-order valence-corrected chi connectivity index (χ2v) is 7.72. The number of rotatable bonds is 7. The Morgan fingerprint density at radius 3 is 2.57 bits per heavy atom. The van der Waals surface area contributed by atoms with Gasteiger partial charge in [-0.2, -0.15) is 0 Å². The summed E-state index contributed by atoms with van der Waals surface area (Å²) in [6.45, 7) is 8.89. The van der Waals surface area contributed by atoms with Crippen LogP contribution in [0.4, 0.5) is 0 Å². The average molecular weight is 401 g/mol. The zero-order valence-corrected chi connectivity index (χ0v) is 17.4. The fraction of sp³-hybridized carbons (Fsp3) is 0.381. The van der Waals surface area contributed by atoms with E-state index in [2.05, 4.69) is 11.1 Å². The van der Waals surface area contributed by atoms with Crippen LogP contribution in [0.2, 0.25) is 0 Å². The summed E-state index contributed by atoms with van der Waals surface area (Å²) in [6.07, 6.45) is 2.21. The van der Waals surface area contributed by atoms with E-state index in [1.165, 1.54) is 17.7 Å². The number of esters is 1. The lowest BCUT2D eigenvalue weighted by molar-refractivity contribution is 0.0531.